The molecule has 4 heteroatoms. The van der Waals surface area contributed by atoms with Crippen molar-refractivity contribution < 1.29 is 9.59 Å². The van der Waals surface area contributed by atoms with Gasteiger partial charge >= 0.3 is 0 Å². The number of hydrogen-bond donors (Lipinski definition) is 2. The van der Waals surface area contributed by atoms with E-state index >= 15 is 0 Å². The Morgan fingerprint density at radius 2 is 1.61 bits per heavy atom. The minimum absolute atomic E-state index is 0.00530. The molecule has 0 fully saturated rings. The van der Waals surface area contributed by atoms with E-state index in [2.05, 4.69) is 17.6 Å². The van der Waals surface area contributed by atoms with Gasteiger partial charge in [0.25, 0.3) is 5.91 Å². The fourth-order valence-electron chi connectivity index (χ4n) is 1.52. The molecule has 0 heterocycles. The summed E-state index contributed by atoms with van der Waals surface area (Å²) >= 11 is 0. The molecule has 98 valence electrons. The first kappa shape index (κ1) is 14.4. The van der Waals surface area contributed by atoms with Gasteiger partial charge in [-0.3, -0.25) is 9.59 Å². The third kappa shape index (κ3) is 4.67. The van der Waals surface area contributed by atoms with E-state index in [-0.39, 0.29) is 11.7 Å². The summed E-state index contributed by atoms with van der Waals surface area (Å²) in [5.74, 6) is -0.103. The van der Waals surface area contributed by atoms with Crippen molar-refractivity contribution in [1.82, 2.24) is 10.6 Å². The van der Waals surface area contributed by atoms with Crippen molar-refractivity contribution in [2.45, 2.75) is 20.3 Å². The van der Waals surface area contributed by atoms with Gasteiger partial charge in [-0.1, -0.05) is 19.1 Å². The predicted molar refractivity (Wildman–Crippen MR) is 71.9 cm³/mol. The molecule has 0 aliphatic carbocycles. The predicted octanol–water partition coefficient (Wildman–Crippen LogP) is 1.62. The average Bonchev–Trinajstić information content (AvgIpc) is 2.38. The first-order valence-electron chi connectivity index (χ1n) is 6.25. The Morgan fingerprint density at radius 1 is 1.00 bits per heavy atom. The van der Waals surface area contributed by atoms with E-state index in [9.17, 15) is 9.59 Å². The van der Waals surface area contributed by atoms with Crippen molar-refractivity contribution in [3.8, 4) is 0 Å². The molecule has 18 heavy (non-hydrogen) atoms. The summed E-state index contributed by atoms with van der Waals surface area (Å²) in [7, 11) is 0. The summed E-state index contributed by atoms with van der Waals surface area (Å²) in [5.41, 5.74) is 1.20. The summed E-state index contributed by atoms with van der Waals surface area (Å²) < 4.78 is 0. The van der Waals surface area contributed by atoms with Crippen LogP contribution in [-0.4, -0.2) is 31.3 Å². The van der Waals surface area contributed by atoms with Crippen molar-refractivity contribution in [3.63, 3.8) is 0 Å². The zero-order valence-corrected chi connectivity index (χ0v) is 11.0. The molecule has 2 N–H and O–H groups in total. The van der Waals surface area contributed by atoms with Crippen molar-refractivity contribution in [2.75, 3.05) is 19.6 Å². The molecule has 0 aliphatic rings. The maximum atomic E-state index is 11.7. The molecular weight excluding hydrogens is 228 g/mol. The lowest BCUT2D eigenvalue weighted by Gasteiger charge is -2.06. The van der Waals surface area contributed by atoms with Crippen LogP contribution in [0.2, 0.25) is 0 Å². The van der Waals surface area contributed by atoms with E-state index in [1.807, 2.05) is 0 Å². The first-order valence-corrected chi connectivity index (χ1v) is 6.25. The summed E-state index contributed by atoms with van der Waals surface area (Å²) in [6, 6.07) is 6.69. The minimum atomic E-state index is -0.108. The Kier molecular flexibility index (Phi) is 6.08. The fourth-order valence-corrected chi connectivity index (χ4v) is 1.52. The van der Waals surface area contributed by atoms with Crippen LogP contribution >= 0.6 is 0 Å². The number of nitrogens with one attached hydrogen (secondary N) is 2. The number of amides is 1. The van der Waals surface area contributed by atoms with Gasteiger partial charge in [0.1, 0.15) is 0 Å². The Labute approximate surface area is 108 Å². The van der Waals surface area contributed by atoms with Gasteiger partial charge in [-0.25, -0.2) is 0 Å². The van der Waals surface area contributed by atoms with Crippen LogP contribution in [0.25, 0.3) is 0 Å². The number of benzene rings is 1. The van der Waals surface area contributed by atoms with E-state index in [4.69, 9.17) is 0 Å². The summed E-state index contributed by atoms with van der Waals surface area (Å²) in [6.45, 7) is 5.94. The highest BCUT2D eigenvalue weighted by atomic mass is 16.1. The average molecular weight is 248 g/mol. The summed E-state index contributed by atoms with van der Waals surface area (Å²) in [5, 5.41) is 6.03. The molecule has 0 atom stereocenters. The van der Waals surface area contributed by atoms with Crippen LogP contribution < -0.4 is 10.6 Å². The van der Waals surface area contributed by atoms with Gasteiger partial charge in [0.15, 0.2) is 5.78 Å². The largest absolute Gasteiger partial charge is 0.351 e. The smallest absolute Gasteiger partial charge is 0.251 e. The van der Waals surface area contributed by atoms with Crippen LogP contribution in [0, 0.1) is 0 Å². The standard InChI is InChI=1S/C14H20N2O2/c1-3-8-15-9-10-16-14(18)13-6-4-12(5-7-13)11(2)17/h4-7,15H,3,8-10H2,1-2H3,(H,16,18). The zero-order valence-electron chi connectivity index (χ0n) is 11.0. The quantitative estimate of drug-likeness (QED) is 0.569. The minimum Gasteiger partial charge on any atom is -0.351 e. The van der Waals surface area contributed by atoms with E-state index in [1.54, 1.807) is 24.3 Å². The maximum absolute atomic E-state index is 11.7. The molecule has 1 aromatic rings. The lowest BCUT2D eigenvalue weighted by atomic mass is 10.1. The second kappa shape index (κ2) is 7.61. The molecule has 0 saturated carbocycles. The topological polar surface area (TPSA) is 58.2 Å². The Balaban J connectivity index is 2.39. The van der Waals surface area contributed by atoms with Crippen LogP contribution in [0.4, 0.5) is 0 Å². The van der Waals surface area contributed by atoms with Crippen LogP contribution in [0.15, 0.2) is 24.3 Å². The third-order valence-corrected chi connectivity index (χ3v) is 2.57. The maximum Gasteiger partial charge on any atom is 0.251 e. The van der Waals surface area contributed by atoms with E-state index < -0.39 is 0 Å². The van der Waals surface area contributed by atoms with Gasteiger partial charge in [-0.15, -0.1) is 0 Å². The molecule has 0 aliphatic heterocycles. The second-order valence-electron chi connectivity index (χ2n) is 4.14. The molecule has 1 amide bonds. The van der Waals surface area contributed by atoms with Crippen LogP contribution in [-0.2, 0) is 0 Å². The van der Waals surface area contributed by atoms with Crippen molar-refractivity contribution in [1.29, 1.82) is 0 Å². The molecule has 0 bridgehead atoms. The molecule has 0 radical (unpaired) electrons. The van der Waals surface area contributed by atoms with Crippen molar-refractivity contribution in [2.24, 2.45) is 0 Å². The summed E-state index contributed by atoms with van der Waals surface area (Å²) in [6.07, 6.45) is 1.08. The Morgan fingerprint density at radius 3 is 2.17 bits per heavy atom. The first-order chi connectivity index (χ1) is 8.65. The Bertz CT molecular complexity index is 399. The fraction of sp³-hybridized carbons (Fsp3) is 0.429. The molecule has 1 rings (SSSR count). The highest BCUT2D eigenvalue weighted by Gasteiger charge is 2.05. The lowest BCUT2D eigenvalue weighted by molar-refractivity contribution is 0.0951. The zero-order chi connectivity index (χ0) is 13.4. The van der Waals surface area contributed by atoms with Gasteiger partial charge in [0.05, 0.1) is 0 Å². The molecule has 0 aromatic heterocycles. The van der Waals surface area contributed by atoms with Crippen LogP contribution in [0.5, 0.6) is 0 Å². The molecule has 0 spiro atoms. The normalized spacial score (nSPS) is 10.1. The van der Waals surface area contributed by atoms with Crippen LogP contribution in [0.3, 0.4) is 0 Å². The molecule has 0 saturated heterocycles. The number of hydrogen-bond acceptors (Lipinski definition) is 3. The molecular formula is C14H20N2O2. The molecule has 1 aromatic carbocycles. The number of Topliss-reactive ketones (excluding diaryl/α,β-unsaturated/α-hetero) is 1. The summed E-state index contributed by atoms with van der Waals surface area (Å²) in [4.78, 5) is 22.8. The van der Waals surface area contributed by atoms with E-state index in [1.165, 1.54) is 6.92 Å². The third-order valence-electron chi connectivity index (χ3n) is 2.57. The highest BCUT2D eigenvalue weighted by Crippen LogP contribution is 2.04. The molecule has 0 unspecified atom stereocenters. The number of carbonyl (C=O) groups excluding carboxylic acids is 2. The van der Waals surface area contributed by atoms with Crippen molar-refractivity contribution in [3.05, 3.63) is 35.4 Å². The number of ketones is 1. The van der Waals surface area contributed by atoms with E-state index in [0.717, 1.165) is 19.5 Å². The number of rotatable bonds is 7. The second-order valence-corrected chi connectivity index (χ2v) is 4.14. The van der Waals surface area contributed by atoms with Gasteiger partial charge in [-0.05, 0) is 32.0 Å². The van der Waals surface area contributed by atoms with Crippen molar-refractivity contribution >= 4 is 11.7 Å². The lowest BCUT2D eigenvalue weighted by Crippen LogP contribution is -2.32. The number of carbonyl (C=O) groups is 2. The Hall–Kier alpha value is -1.68. The monoisotopic (exact) mass is 248 g/mol. The van der Waals surface area contributed by atoms with Gasteiger partial charge < -0.3 is 10.6 Å². The highest BCUT2D eigenvalue weighted by molar-refractivity contribution is 5.97. The van der Waals surface area contributed by atoms with Gasteiger partial charge in [-0.2, -0.15) is 0 Å². The van der Waals surface area contributed by atoms with Gasteiger partial charge in [0.2, 0.25) is 0 Å². The van der Waals surface area contributed by atoms with Gasteiger partial charge in [0, 0.05) is 24.2 Å². The molecule has 4 nitrogen and oxygen atoms in total. The SMILES string of the molecule is CCCNCCNC(=O)c1ccc(C(C)=O)cc1. The van der Waals surface area contributed by atoms with E-state index in [0.29, 0.717) is 17.7 Å². The van der Waals surface area contributed by atoms with Crippen LogP contribution in [0.1, 0.15) is 41.0 Å².